The molecule has 1 fully saturated rings. The topological polar surface area (TPSA) is 50.2 Å². The quantitative estimate of drug-likeness (QED) is 0.920. The molecular weight excluding hydrogens is 288 g/mol. The summed E-state index contributed by atoms with van der Waals surface area (Å²) in [4.78, 5) is 14.9. The largest absolute Gasteiger partial charge is 0.336 e. The van der Waals surface area contributed by atoms with Gasteiger partial charge in [0.25, 0.3) is 5.91 Å². The van der Waals surface area contributed by atoms with Gasteiger partial charge in [-0.15, -0.1) is 0 Å². The van der Waals surface area contributed by atoms with Crippen molar-refractivity contribution in [3.8, 4) is 5.69 Å². The van der Waals surface area contributed by atoms with E-state index in [4.69, 9.17) is 5.10 Å². The molecule has 2 aromatic rings. The molecule has 5 nitrogen and oxygen atoms in total. The lowest BCUT2D eigenvalue weighted by Gasteiger charge is -2.19. The molecule has 1 N–H and O–H groups in total. The Hall–Kier alpha value is -2.14. The number of benzene rings is 1. The number of hydrogen-bond donors (Lipinski definition) is 1. The molecular formula is C18H22N4O. The summed E-state index contributed by atoms with van der Waals surface area (Å²) in [5, 5.41) is 8.06. The Morgan fingerprint density at radius 1 is 1.04 bits per heavy atom. The molecule has 1 aromatic carbocycles. The highest BCUT2D eigenvalue weighted by Gasteiger charge is 2.29. The van der Waals surface area contributed by atoms with Crippen LogP contribution < -0.4 is 5.32 Å². The smallest absolute Gasteiger partial charge is 0.274 e. The SMILES string of the molecule is O=C(c1nn(-c2ccccc2)c2c1CCC2)N1CCCNCC1. The van der Waals surface area contributed by atoms with E-state index in [1.165, 1.54) is 5.69 Å². The minimum Gasteiger partial charge on any atom is -0.336 e. The number of carbonyl (C=O) groups excluding carboxylic acids is 1. The van der Waals surface area contributed by atoms with Crippen LogP contribution in [0.2, 0.25) is 0 Å². The fourth-order valence-corrected chi connectivity index (χ4v) is 3.59. The summed E-state index contributed by atoms with van der Waals surface area (Å²) in [6, 6.07) is 10.1. The zero-order valence-electron chi connectivity index (χ0n) is 13.3. The van der Waals surface area contributed by atoms with Crippen LogP contribution in [0.1, 0.15) is 34.6 Å². The Morgan fingerprint density at radius 2 is 1.91 bits per heavy atom. The third-order valence-corrected chi connectivity index (χ3v) is 4.76. The zero-order valence-corrected chi connectivity index (χ0v) is 13.3. The Balaban J connectivity index is 1.70. The number of nitrogens with zero attached hydrogens (tertiary/aromatic N) is 3. The molecule has 4 rings (SSSR count). The van der Waals surface area contributed by atoms with E-state index in [0.29, 0.717) is 5.69 Å². The van der Waals surface area contributed by atoms with E-state index in [2.05, 4.69) is 17.4 Å². The fraction of sp³-hybridized carbons (Fsp3) is 0.444. The van der Waals surface area contributed by atoms with Crippen molar-refractivity contribution in [3.05, 3.63) is 47.3 Å². The molecule has 0 atom stereocenters. The highest BCUT2D eigenvalue weighted by atomic mass is 16.2. The molecule has 5 heteroatoms. The highest BCUT2D eigenvalue weighted by molar-refractivity contribution is 5.94. The van der Waals surface area contributed by atoms with Gasteiger partial charge in [-0.25, -0.2) is 4.68 Å². The molecule has 1 amide bonds. The molecule has 0 spiro atoms. The first kappa shape index (κ1) is 14.5. The molecule has 0 unspecified atom stereocenters. The molecule has 0 radical (unpaired) electrons. The number of para-hydroxylation sites is 1. The standard InChI is InChI=1S/C18H22N4O/c23-18(21-12-5-10-19-11-13-21)17-15-8-4-9-16(15)22(20-17)14-6-2-1-3-7-14/h1-3,6-7,19H,4-5,8-13H2. The van der Waals surface area contributed by atoms with Crippen LogP contribution in [0.15, 0.2) is 30.3 Å². The normalized spacial score (nSPS) is 17.8. The predicted octanol–water partition coefficient (Wildman–Crippen LogP) is 1.80. The van der Waals surface area contributed by atoms with Crippen molar-refractivity contribution in [1.82, 2.24) is 20.0 Å². The Labute approximate surface area is 136 Å². The number of fused-ring (bicyclic) bond motifs is 1. The van der Waals surface area contributed by atoms with Crippen molar-refractivity contribution < 1.29 is 4.79 Å². The van der Waals surface area contributed by atoms with Gasteiger partial charge in [-0.1, -0.05) is 18.2 Å². The number of carbonyl (C=O) groups is 1. The molecule has 1 aromatic heterocycles. The van der Waals surface area contributed by atoms with Gasteiger partial charge in [-0.3, -0.25) is 4.79 Å². The molecule has 120 valence electrons. The second-order valence-electron chi connectivity index (χ2n) is 6.27. The summed E-state index contributed by atoms with van der Waals surface area (Å²) in [7, 11) is 0. The van der Waals surface area contributed by atoms with Crippen molar-refractivity contribution in [3.63, 3.8) is 0 Å². The maximum Gasteiger partial charge on any atom is 0.274 e. The Kier molecular flexibility index (Phi) is 3.87. The zero-order chi connectivity index (χ0) is 15.6. The third kappa shape index (κ3) is 2.65. The van der Waals surface area contributed by atoms with Gasteiger partial charge in [0.1, 0.15) is 0 Å². The van der Waals surface area contributed by atoms with Crippen molar-refractivity contribution in [2.75, 3.05) is 26.2 Å². The lowest BCUT2D eigenvalue weighted by atomic mass is 10.2. The average molecular weight is 310 g/mol. The Bertz CT molecular complexity index is 699. The van der Waals surface area contributed by atoms with Gasteiger partial charge in [0.2, 0.25) is 0 Å². The van der Waals surface area contributed by atoms with Gasteiger partial charge in [-0.05, 0) is 44.4 Å². The van der Waals surface area contributed by atoms with E-state index in [0.717, 1.165) is 63.1 Å². The third-order valence-electron chi connectivity index (χ3n) is 4.76. The first-order chi connectivity index (χ1) is 11.3. The van der Waals surface area contributed by atoms with E-state index in [1.807, 2.05) is 27.8 Å². The fourth-order valence-electron chi connectivity index (χ4n) is 3.59. The second-order valence-corrected chi connectivity index (χ2v) is 6.27. The number of hydrogen-bond acceptors (Lipinski definition) is 3. The van der Waals surface area contributed by atoms with Gasteiger partial charge >= 0.3 is 0 Å². The lowest BCUT2D eigenvalue weighted by Crippen LogP contribution is -2.35. The van der Waals surface area contributed by atoms with Crippen LogP contribution in [0.25, 0.3) is 5.69 Å². The summed E-state index contributed by atoms with van der Waals surface area (Å²) in [5.41, 5.74) is 4.09. The van der Waals surface area contributed by atoms with E-state index in [-0.39, 0.29) is 5.91 Å². The Morgan fingerprint density at radius 3 is 2.78 bits per heavy atom. The predicted molar refractivity (Wildman–Crippen MR) is 89.0 cm³/mol. The van der Waals surface area contributed by atoms with Gasteiger partial charge < -0.3 is 10.2 Å². The molecule has 2 heterocycles. The average Bonchev–Trinajstić information content (AvgIpc) is 3.08. The van der Waals surface area contributed by atoms with Gasteiger partial charge in [-0.2, -0.15) is 5.10 Å². The summed E-state index contributed by atoms with van der Waals surface area (Å²) in [6.45, 7) is 3.44. The van der Waals surface area contributed by atoms with Crippen molar-refractivity contribution in [2.24, 2.45) is 0 Å². The molecule has 23 heavy (non-hydrogen) atoms. The minimum atomic E-state index is 0.0986. The van der Waals surface area contributed by atoms with Crippen LogP contribution in [0.5, 0.6) is 0 Å². The molecule has 0 saturated carbocycles. The van der Waals surface area contributed by atoms with Crippen LogP contribution in [-0.4, -0.2) is 46.8 Å². The van der Waals surface area contributed by atoms with Crippen LogP contribution in [-0.2, 0) is 12.8 Å². The van der Waals surface area contributed by atoms with E-state index < -0.39 is 0 Å². The maximum absolute atomic E-state index is 13.0. The van der Waals surface area contributed by atoms with Crippen LogP contribution in [0.3, 0.4) is 0 Å². The van der Waals surface area contributed by atoms with Crippen molar-refractivity contribution in [2.45, 2.75) is 25.7 Å². The maximum atomic E-state index is 13.0. The van der Waals surface area contributed by atoms with Gasteiger partial charge in [0, 0.05) is 30.9 Å². The first-order valence-electron chi connectivity index (χ1n) is 8.51. The highest BCUT2D eigenvalue weighted by Crippen LogP contribution is 2.28. The molecule has 1 saturated heterocycles. The lowest BCUT2D eigenvalue weighted by molar-refractivity contribution is 0.0759. The van der Waals surface area contributed by atoms with Crippen molar-refractivity contribution in [1.29, 1.82) is 0 Å². The summed E-state index contributed by atoms with van der Waals surface area (Å²) < 4.78 is 1.98. The molecule has 0 bridgehead atoms. The van der Waals surface area contributed by atoms with E-state index >= 15 is 0 Å². The number of nitrogens with one attached hydrogen (secondary N) is 1. The van der Waals surface area contributed by atoms with Crippen LogP contribution >= 0.6 is 0 Å². The molecule has 1 aliphatic carbocycles. The molecule has 1 aliphatic heterocycles. The summed E-state index contributed by atoms with van der Waals surface area (Å²) in [6.07, 6.45) is 4.09. The van der Waals surface area contributed by atoms with Gasteiger partial charge in [0.15, 0.2) is 5.69 Å². The number of rotatable bonds is 2. The first-order valence-corrected chi connectivity index (χ1v) is 8.51. The number of amides is 1. The van der Waals surface area contributed by atoms with Crippen LogP contribution in [0.4, 0.5) is 0 Å². The van der Waals surface area contributed by atoms with Crippen molar-refractivity contribution >= 4 is 5.91 Å². The van der Waals surface area contributed by atoms with E-state index in [9.17, 15) is 4.79 Å². The summed E-state index contributed by atoms with van der Waals surface area (Å²) in [5.74, 6) is 0.0986. The van der Waals surface area contributed by atoms with Gasteiger partial charge in [0.05, 0.1) is 5.69 Å². The van der Waals surface area contributed by atoms with E-state index in [1.54, 1.807) is 0 Å². The monoisotopic (exact) mass is 310 g/mol. The van der Waals surface area contributed by atoms with Crippen LogP contribution in [0, 0.1) is 0 Å². The second kappa shape index (κ2) is 6.16. The summed E-state index contributed by atoms with van der Waals surface area (Å²) >= 11 is 0. The number of aromatic nitrogens is 2. The minimum absolute atomic E-state index is 0.0986. The molecule has 2 aliphatic rings.